The van der Waals surface area contributed by atoms with E-state index in [1.807, 2.05) is 12.1 Å². The minimum absolute atomic E-state index is 0.0917. The van der Waals surface area contributed by atoms with Crippen molar-refractivity contribution < 1.29 is 58.2 Å². The second-order valence-electron chi connectivity index (χ2n) is 14.1. The second kappa shape index (κ2) is 14.3. The summed E-state index contributed by atoms with van der Waals surface area (Å²) in [7, 11) is -6.00. The highest BCUT2D eigenvalue weighted by molar-refractivity contribution is 7.89. The number of aromatic nitrogens is 1. The first-order valence-electron chi connectivity index (χ1n) is 17.3. The molecule has 0 unspecified atom stereocenters. The first kappa shape index (κ1) is 38.4. The molecule has 8 nitrogen and oxygen atoms in total. The molecule has 1 heterocycles. The Labute approximate surface area is 309 Å². The van der Waals surface area contributed by atoms with E-state index in [0.29, 0.717) is 36.2 Å². The first-order chi connectivity index (χ1) is 25.9. The Morgan fingerprint density at radius 1 is 0.764 bits per heavy atom. The fraction of sp³-hybridized carbons (Fsp3) is 0.342. The second-order valence-corrected chi connectivity index (χ2v) is 16.0. The van der Waals surface area contributed by atoms with Gasteiger partial charge in [0.05, 0.1) is 24.2 Å². The molecule has 290 valence electrons. The predicted octanol–water partition coefficient (Wildman–Crippen LogP) is 8.55. The molecule has 3 aromatic carbocycles. The average Bonchev–Trinajstić information content (AvgIpc) is 3.96. The molecule has 1 amide bonds. The van der Waals surface area contributed by atoms with Crippen molar-refractivity contribution in [2.45, 2.75) is 80.4 Å². The zero-order chi connectivity index (χ0) is 39.6. The molecule has 7 rings (SSSR count). The van der Waals surface area contributed by atoms with Crippen LogP contribution in [0.5, 0.6) is 0 Å². The van der Waals surface area contributed by atoms with Gasteiger partial charge in [-0.25, -0.2) is 35.2 Å². The van der Waals surface area contributed by atoms with Crippen molar-refractivity contribution in [3.8, 4) is 0 Å². The number of anilines is 1. The standard InChI is InChI=1S/C38H31F8N3O5S/c39-31-32(40)34(42)36(35(43)33(31)41)55(53,54)48(17-26-15-47-10-9-28(26)38(44,45)46)18-30(50)49(29-8-7-23(37(51)52)14-27(29)22-5-6-22)16-19-11-24(20-1-2-20)13-25(12-19)21-3-4-21/h7-15,20-22H,1-6,16-18H2,(H,51,52). The number of sulfonamides is 1. The van der Waals surface area contributed by atoms with Crippen LogP contribution in [-0.4, -0.2) is 41.2 Å². The quantitative estimate of drug-likeness (QED) is 0.0827. The Hall–Kier alpha value is -4.90. The maximum atomic E-state index is 15.1. The molecule has 3 aliphatic rings. The fourth-order valence-corrected chi connectivity index (χ4v) is 8.19. The summed E-state index contributed by atoms with van der Waals surface area (Å²) in [5.74, 6) is -15.6. The van der Waals surface area contributed by atoms with Crippen molar-refractivity contribution in [1.82, 2.24) is 9.29 Å². The van der Waals surface area contributed by atoms with E-state index in [2.05, 4.69) is 11.1 Å². The highest BCUT2D eigenvalue weighted by Gasteiger charge is 2.41. The Morgan fingerprint density at radius 3 is 1.85 bits per heavy atom. The number of nitrogens with zero attached hydrogens (tertiary/aromatic N) is 3. The van der Waals surface area contributed by atoms with Gasteiger partial charge in [0.15, 0.2) is 28.2 Å². The number of alkyl halides is 3. The van der Waals surface area contributed by atoms with Gasteiger partial charge in [-0.05, 0) is 108 Å². The molecule has 0 spiro atoms. The summed E-state index contributed by atoms with van der Waals surface area (Å²) >= 11 is 0. The van der Waals surface area contributed by atoms with E-state index in [1.165, 1.54) is 18.2 Å². The van der Waals surface area contributed by atoms with Crippen molar-refractivity contribution in [3.63, 3.8) is 0 Å². The molecule has 17 heteroatoms. The number of aromatic carboxylic acids is 1. The number of carbonyl (C=O) groups is 2. The van der Waals surface area contributed by atoms with Gasteiger partial charge in [-0.1, -0.05) is 18.2 Å². The van der Waals surface area contributed by atoms with Crippen molar-refractivity contribution in [1.29, 1.82) is 0 Å². The molecule has 3 aliphatic carbocycles. The van der Waals surface area contributed by atoms with Crippen molar-refractivity contribution in [3.05, 3.63) is 123 Å². The molecular formula is C38H31F8N3O5S. The van der Waals surface area contributed by atoms with E-state index in [0.717, 1.165) is 47.9 Å². The molecule has 1 N–H and O–H groups in total. The smallest absolute Gasteiger partial charge is 0.416 e. The van der Waals surface area contributed by atoms with Crippen LogP contribution in [0.3, 0.4) is 0 Å². The van der Waals surface area contributed by atoms with Gasteiger partial charge in [0, 0.05) is 24.6 Å². The Bertz CT molecular complexity index is 2270. The maximum absolute atomic E-state index is 15.1. The number of hydrogen-bond acceptors (Lipinski definition) is 5. The fourth-order valence-electron chi connectivity index (χ4n) is 6.71. The summed E-state index contributed by atoms with van der Waals surface area (Å²) in [6.45, 7) is -3.13. The molecule has 4 aromatic rings. The minimum atomic E-state index is -6.00. The van der Waals surface area contributed by atoms with Crippen LogP contribution in [0, 0.1) is 29.1 Å². The number of carboxylic acids is 1. The third kappa shape index (κ3) is 7.81. The van der Waals surface area contributed by atoms with E-state index in [9.17, 15) is 49.5 Å². The maximum Gasteiger partial charge on any atom is 0.416 e. The summed E-state index contributed by atoms with van der Waals surface area (Å²) in [4.78, 5) is 28.9. The summed E-state index contributed by atoms with van der Waals surface area (Å²) in [5.41, 5.74) is 0.750. The molecule has 0 aliphatic heterocycles. The largest absolute Gasteiger partial charge is 0.478 e. The highest BCUT2D eigenvalue weighted by Crippen LogP contribution is 2.47. The lowest BCUT2D eigenvalue weighted by Gasteiger charge is -2.30. The van der Waals surface area contributed by atoms with E-state index >= 15 is 8.78 Å². The lowest BCUT2D eigenvalue weighted by atomic mass is 9.98. The minimum Gasteiger partial charge on any atom is -0.478 e. The molecule has 3 saturated carbocycles. The van der Waals surface area contributed by atoms with Gasteiger partial charge in [0.2, 0.25) is 21.7 Å². The number of carbonyl (C=O) groups excluding carboxylic acids is 1. The lowest BCUT2D eigenvalue weighted by molar-refractivity contribution is -0.138. The van der Waals surface area contributed by atoms with Crippen LogP contribution in [0.4, 0.5) is 40.8 Å². The van der Waals surface area contributed by atoms with Crippen LogP contribution in [0.2, 0.25) is 0 Å². The van der Waals surface area contributed by atoms with Crippen molar-refractivity contribution >= 4 is 27.6 Å². The number of pyridine rings is 1. The highest BCUT2D eigenvalue weighted by atomic mass is 32.2. The number of amides is 1. The van der Waals surface area contributed by atoms with Crippen LogP contribution in [-0.2, 0) is 34.1 Å². The zero-order valence-electron chi connectivity index (χ0n) is 28.6. The first-order valence-corrected chi connectivity index (χ1v) is 18.7. The molecule has 0 bridgehead atoms. The van der Waals surface area contributed by atoms with Gasteiger partial charge < -0.3 is 10.0 Å². The van der Waals surface area contributed by atoms with Crippen LogP contribution in [0.15, 0.2) is 59.8 Å². The van der Waals surface area contributed by atoms with E-state index in [1.54, 1.807) is 0 Å². The monoisotopic (exact) mass is 793 g/mol. The van der Waals surface area contributed by atoms with Gasteiger partial charge in [-0.2, -0.15) is 17.5 Å². The molecule has 55 heavy (non-hydrogen) atoms. The number of carboxylic acid groups (broad SMARTS) is 1. The van der Waals surface area contributed by atoms with E-state index in [-0.39, 0.29) is 39.9 Å². The van der Waals surface area contributed by atoms with Crippen LogP contribution in [0.1, 0.15) is 100 Å². The van der Waals surface area contributed by atoms with Gasteiger partial charge in [0.1, 0.15) is 0 Å². The van der Waals surface area contributed by atoms with Gasteiger partial charge in [0.25, 0.3) is 0 Å². The summed E-state index contributed by atoms with van der Waals surface area (Å²) in [5, 5.41) is 9.72. The normalized spacial score (nSPS) is 16.1. The van der Waals surface area contributed by atoms with Crippen LogP contribution < -0.4 is 4.90 Å². The topological polar surface area (TPSA) is 108 Å². The van der Waals surface area contributed by atoms with E-state index in [4.69, 9.17) is 0 Å². The molecule has 0 atom stereocenters. The Morgan fingerprint density at radius 2 is 1.33 bits per heavy atom. The third-order valence-electron chi connectivity index (χ3n) is 9.99. The zero-order valence-corrected chi connectivity index (χ0v) is 29.5. The van der Waals surface area contributed by atoms with Gasteiger partial charge in [-0.3, -0.25) is 9.78 Å². The molecule has 0 radical (unpaired) electrons. The summed E-state index contributed by atoms with van der Waals surface area (Å²) < 4.78 is 143. The molecule has 1 aromatic heterocycles. The summed E-state index contributed by atoms with van der Waals surface area (Å²) in [6, 6.07) is 10.2. The Balaban J connectivity index is 1.36. The van der Waals surface area contributed by atoms with Gasteiger partial charge >= 0.3 is 12.1 Å². The molecular weight excluding hydrogens is 762 g/mol. The molecule has 3 fully saturated rings. The average molecular weight is 794 g/mol. The predicted molar refractivity (Wildman–Crippen MR) is 180 cm³/mol. The Kier molecular flexibility index (Phi) is 9.98. The SMILES string of the molecule is O=C(O)c1ccc(N(Cc2cc(C3CC3)cc(C3CC3)c2)C(=O)CN(Cc2cnccc2C(F)(F)F)S(=O)(=O)c2c(F)c(F)c(F)c(F)c2F)c(C2CC2)c1. The van der Waals surface area contributed by atoms with Gasteiger partial charge in [-0.15, -0.1) is 0 Å². The van der Waals surface area contributed by atoms with Crippen LogP contribution >= 0.6 is 0 Å². The number of halogens is 8. The van der Waals surface area contributed by atoms with Crippen molar-refractivity contribution in [2.75, 3.05) is 11.4 Å². The third-order valence-corrected chi connectivity index (χ3v) is 11.8. The van der Waals surface area contributed by atoms with Crippen molar-refractivity contribution in [2.24, 2.45) is 0 Å². The summed E-state index contributed by atoms with van der Waals surface area (Å²) in [6.07, 6.45) is 1.22. The number of rotatable bonds is 13. The van der Waals surface area contributed by atoms with Crippen LogP contribution in [0.25, 0.3) is 0 Å². The molecule has 0 saturated heterocycles. The van der Waals surface area contributed by atoms with E-state index < -0.39 is 86.3 Å². The number of benzene rings is 3. The number of hydrogen-bond donors (Lipinski definition) is 1. The lowest BCUT2D eigenvalue weighted by Crippen LogP contribution is -2.43.